The predicted octanol–water partition coefficient (Wildman–Crippen LogP) is 4.31. The molecule has 0 radical (unpaired) electrons. The van der Waals surface area contributed by atoms with Crippen molar-refractivity contribution in [1.82, 2.24) is 4.31 Å². The largest absolute Gasteiger partial charge is 0.416 e. The molecule has 2 bridgehead atoms. The maximum Gasteiger partial charge on any atom is 0.416 e. The highest BCUT2D eigenvalue weighted by atomic mass is 32.2. The Morgan fingerprint density at radius 3 is 1.85 bits per heavy atom. The third kappa shape index (κ3) is 3.36. The van der Waals surface area contributed by atoms with Gasteiger partial charge in [0.1, 0.15) is 0 Å². The lowest BCUT2D eigenvalue weighted by molar-refractivity contribution is -0.143. The Kier molecular flexibility index (Phi) is 4.42. The highest BCUT2D eigenvalue weighted by Gasteiger charge is 2.43. The van der Waals surface area contributed by atoms with Gasteiger partial charge in [-0.25, -0.2) is 8.42 Å². The van der Waals surface area contributed by atoms with Crippen LogP contribution in [-0.2, 0) is 22.4 Å². The highest BCUT2D eigenvalue weighted by molar-refractivity contribution is 7.89. The van der Waals surface area contributed by atoms with Crippen LogP contribution in [0.4, 0.5) is 26.3 Å². The SMILES string of the molecule is CN(C1CC2C=CC1C2)S(=O)(=O)c1cc(C(F)(F)F)cc(C(F)(F)F)c1. The number of benzene rings is 1. The molecule has 10 heteroatoms. The second-order valence-electron chi connectivity index (χ2n) is 6.61. The maximum atomic E-state index is 13.0. The predicted molar refractivity (Wildman–Crippen MR) is 80.5 cm³/mol. The summed E-state index contributed by atoms with van der Waals surface area (Å²) in [5.41, 5.74) is -3.29. The van der Waals surface area contributed by atoms with Gasteiger partial charge in [-0.1, -0.05) is 12.2 Å². The lowest BCUT2D eigenvalue weighted by Crippen LogP contribution is -2.39. The normalized spacial score (nSPS) is 26.1. The van der Waals surface area contributed by atoms with Crippen LogP contribution in [0.5, 0.6) is 0 Å². The van der Waals surface area contributed by atoms with Crippen LogP contribution >= 0.6 is 0 Å². The zero-order chi connectivity index (χ0) is 19.5. The summed E-state index contributed by atoms with van der Waals surface area (Å²) in [7, 11) is -3.31. The standard InChI is InChI=1S/C16H15F6NO2S/c1-23(14-5-9-2-3-10(14)4-9)26(24,25)13-7-11(15(17,18)19)6-12(8-13)16(20,21)22/h2-3,6-10,14H,4-5H2,1H3. The van der Waals surface area contributed by atoms with E-state index >= 15 is 0 Å². The Morgan fingerprint density at radius 2 is 1.46 bits per heavy atom. The molecule has 1 aromatic rings. The van der Waals surface area contributed by atoms with Gasteiger partial charge in [0.2, 0.25) is 10.0 Å². The monoisotopic (exact) mass is 399 g/mol. The van der Waals surface area contributed by atoms with Gasteiger partial charge in [-0.3, -0.25) is 0 Å². The van der Waals surface area contributed by atoms with Crippen LogP contribution in [0.15, 0.2) is 35.2 Å². The van der Waals surface area contributed by atoms with Crippen molar-refractivity contribution in [3.8, 4) is 0 Å². The Labute approximate surface area is 146 Å². The van der Waals surface area contributed by atoms with Gasteiger partial charge < -0.3 is 0 Å². The van der Waals surface area contributed by atoms with Crippen LogP contribution in [-0.4, -0.2) is 25.8 Å². The van der Waals surface area contributed by atoms with E-state index in [1.165, 1.54) is 7.05 Å². The number of nitrogens with zero attached hydrogens (tertiary/aromatic N) is 1. The molecular formula is C16H15F6NO2S. The number of hydrogen-bond acceptors (Lipinski definition) is 2. The van der Waals surface area contributed by atoms with Gasteiger partial charge in [-0.05, 0) is 42.9 Å². The molecule has 3 nitrogen and oxygen atoms in total. The molecule has 0 spiro atoms. The van der Waals surface area contributed by atoms with E-state index in [9.17, 15) is 34.8 Å². The van der Waals surface area contributed by atoms with Gasteiger partial charge in [-0.15, -0.1) is 0 Å². The van der Waals surface area contributed by atoms with Crippen LogP contribution in [0, 0.1) is 11.8 Å². The van der Waals surface area contributed by atoms with Crippen LogP contribution in [0.2, 0.25) is 0 Å². The summed E-state index contributed by atoms with van der Waals surface area (Å²) in [5.74, 6) is 0.113. The third-order valence-electron chi connectivity index (χ3n) is 4.95. The van der Waals surface area contributed by atoms with E-state index in [4.69, 9.17) is 0 Å². The molecule has 0 heterocycles. The van der Waals surface area contributed by atoms with E-state index in [-0.39, 0.29) is 30.0 Å². The van der Waals surface area contributed by atoms with E-state index < -0.39 is 44.4 Å². The van der Waals surface area contributed by atoms with Crippen LogP contribution in [0.1, 0.15) is 24.0 Å². The first kappa shape index (κ1) is 19.2. The van der Waals surface area contributed by atoms with Crippen molar-refractivity contribution in [1.29, 1.82) is 0 Å². The van der Waals surface area contributed by atoms with E-state index in [1.54, 1.807) is 0 Å². The smallest absolute Gasteiger partial charge is 0.207 e. The molecule has 0 aromatic heterocycles. The quantitative estimate of drug-likeness (QED) is 0.561. The van der Waals surface area contributed by atoms with Gasteiger partial charge in [0.05, 0.1) is 16.0 Å². The van der Waals surface area contributed by atoms with E-state index in [1.807, 2.05) is 12.2 Å². The molecule has 26 heavy (non-hydrogen) atoms. The van der Waals surface area contributed by atoms with Crippen LogP contribution in [0.3, 0.4) is 0 Å². The summed E-state index contributed by atoms with van der Waals surface area (Å²) in [4.78, 5) is -1.01. The van der Waals surface area contributed by atoms with Crippen LogP contribution in [0.25, 0.3) is 0 Å². The molecule has 0 N–H and O–H groups in total. The molecule has 1 aromatic carbocycles. The van der Waals surface area contributed by atoms with Crippen molar-refractivity contribution in [2.24, 2.45) is 11.8 Å². The minimum atomic E-state index is -5.10. The number of alkyl halides is 6. The lowest BCUT2D eigenvalue weighted by Gasteiger charge is -2.29. The van der Waals surface area contributed by atoms with Crippen molar-refractivity contribution in [3.05, 3.63) is 41.5 Å². The summed E-state index contributed by atoms with van der Waals surface area (Å²) < 4.78 is 104. The first-order chi connectivity index (χ1) is 11.8. The Bertz CT molecular complexity index is 811. The van der Waals surface area contributed by atoms with Gasteiger partial charge in [-0.2, -0.15) is 30.6 Å². The van der Waals surface area contributed by atoms with Gasteiger partial charge in [0.25, 0.3) is 0 Å². The van der Waals surface area contributed by atoms with Crippen molar-refractivity contribution in [2.75, 3.05) is 7.05 Å². The number of sulfonamides is 1. The summed E-state index contributed by atoms with van der Waals surface area (Å²) in [6, 6.07) is -0.0491. The molecule has 1 saturated carbocycles. The molecule has 3 rings (SSSR count). The molecule has 0 amide bonds. The molecule has 3 unspecified atom stereocenters. The van der Waals surface area contributed by atoms with E-state index in [0.717, 1.165) is 10.7 Å². The third-order valence-corrected chi connectivity index (χ3v) is 6.81. The fraction of sp³-hybridized carbons (Fsp3) is 0.500. The number of hydrogen-bond donors (Lipinski definition) is 0. The number of fused-ring (bicyclic) bond motifs is 2. The van der Waals surface area contributed by atoms with Crippen molar-refractivity contribution in [2.45, 2.75) is 36.1 Å². The van der Waals surface area contributed by atoms with E-state index in [2.05, 4.69) is 0 Å². The van der Waals surface area contributed by atoms with Crippen molar-refractivity contribution in [3.63, 3.8) is 0 Å². The topological polar surface area (TPSA) is 37.4 Å². The minimum absolute atomic E-state index is 0.0762. The molecule has 0 aliphatic heterocycles. The Hall–Kier alpha value is -1.55. The molecule has 0 saturated heterocycles. The molecule has 1 fully saturated rings. The molecule has 2 aliphatic carbocycles. The van der Waals surface area contributed by atoms with Gasteiger partial charge >= 0.3 is 12.4 Å². The Balaban J connectivity index is 2.05. The number of rotatable bonds is 3. The van der Waals surface area contributed by atoms with E-state index in [0.29, 0.717) is 6.42 Å². The van der Waals surface area contributed by atoms with Crippen LogP contribution < -0.4 is 0 Å². The molecule has 3 atom stereocenters. The van der Waals surface area contributed by atoms with Gasteiger partial charge in [0, 0.05) is 13.1 Å². The fourth-order valence-corrected chi connectivity index (χ4v) is 5.07. The molecule has 144 valence electrons. The summed E-state index contributed by atoms with van der Waals surface area (Å²) in [6.45, 7) is 0. The Morgan fingerprint density at radius 1 is 0.923 bits per heavy atom. The average molecular weight is 399 g/mol. The number of halogens is 6. The molecular weight excluding hydrogens is 384 g/mol. The highest BCUT2D eigenvalue weighted by Crippen LogP contribution is 2.43. The van der Waals surface area contributed by atoms with Crippen molar-refractivity contribution >= 4 is 10.0 Å². The first-order valence-corrected chi connectivity index (χ1v) is 9.20. The second kappa shape index (κ2) is 5.98. The average Bonchev–Trinajstić information content (AvgIpc) is 3.15. The summed E-state index contributed by atoms with van der Waals surface area (Å²) in [6.07, 6.45) is -5.16. The zero-order valence-corrected chi connectivity index (χ0v) is 14.3. The molecule has 2 aliphatic rings. The first-order valence-electron chi connectivity index (χ1n) is 7.76. The zero-order valence-electron chi connectivity index (χ0n) is 13.5. The lowest BCUT2D eigenvalue weighted by atomic mass is 10.0. The van der Waals surface area contributed by atoms with Crippen molar-refractivity contribution < 1.29 is 34.8 Å². The summed E-state index contributed by atoms with van der Waals surface area (Å²) in [5, 5.41) is 0. The second-order valence-corrected chi connectivity index (χ2v) is 8.61. The summed E-state index contributed by atoms with van der Waals surface area (Å²) >= 11 is 0. The fourth-order valence-electron chi connectivity index (χ4n) is 3.59. The van der Waals surface area contributed by atoms with Gasteiger partial charge in [0.15, 0.2) is 0 Å². The number of allylic oxidation sites excluding steroid dienone is 1. The maximum absolute atomic E-state index is 13.0. The minimum Gasteiger partial charge on any atom is -0.207 e.